The largest absolute Gasteiger partial charge is 0.481 e. The molecular formula is C24H28N2O5. The molecule has 0 spiro atoms. The maximum absolute atomic E-state index is 12.1. The van der Waals surface area contributed by atoms with Gasteiger partial charge in [0.1, 0.15) is 6.61 Å². The highest BCUT2D eigenvalue weighted by Crippen LogP contribution is 2.44. The van der Waals surface area contributed by atoms with Crippen LogP contribution in [0.2, 0.25) is 0 Å². The van der Waals surface area contributed by atoms with Gasteiger partial charge in [0.2, 0.25) is 5.91 Å². The SMILES string of the molecule is CC(C)C(CNC(=O)CCNC(=O)OCC1c2ccccc2-c2ccccc21)C(=O)O. The summed E-state index contributed by atoms with van der Waals surface area (Å²) >= 11 is 0. The molecule has 3 N–H and O–H groups in total. The van der Waals surface area contributed by atoms with Gasteiger partial charge in [-0.3, -0.25) is 9.59 Å². The minimum absolute atomic E-state index is 0.0227. The molecule has 0 aliphatic heterocycles. The number of fused-ring (bicyclic) bond motifs is 3. The molecule has 164 valence electrons. The van der Waals surface area contributed by atoms with Crippen LogP contribution in [0.1, 0.15) is 37.3 Å². The molecule has 1 atom stereocenters. The van der Waals surface area contributed by atoms with E-state index >= 15 is 0 Å². The van der Waals surface area contributed by atoms with E-state index in [9.17, 15) is 14.4 Å². The van der Waals surface area contributed by atoms with E-state index in [2.05, 4.69) is 22.8 Å². The number of benzene rings is 2. The summed E-state index contributed by atoms with van der Waals surface area (Å²) in [7, 11) is 0. The Morgan fingerprint density at radius 2 is 1.55 bits per heavy atom. The Hall–Kier alpha value is -3.35. The number of hydrogen-bond acceptors (Lipinski definition) is 4. The van der Waals surface area contributed by atoms with Gasteiger partial charge in [0.25, 0.3) is 0 Å². The van der Waals surface area contributed by atoms with E-state index in [1.807, 2.05) is 36.4 Å². The lowest BCUT2D eigenvalue weighted by Crippen LogP contribution is -2.37. The topological polar surface area (TPSA) is 105 Å². The van der Waals surface area contributed by atoms with Gasteiger partial charge in [-0.05, 0) is 28.2 Å². The number of carboxylic acid groups (broad SMARTS) is 1. The minimum Gasteiger partial charge on any atom is -0.481 e. The Bertz CT molecular complexity index is 911. The molecule has 1 aliphatic rings. The van der Waals surface area contributed by atoms with E-state index in [1.54, 1.807) is 13.8 Å². The summed E-state index contributed by atoms with van der Waals surface area (Å²) in [5.41, 5.74) is 4.58. The van der Waals surface area contributed by atoms with Crippen LogP contribution < -0.4 is 10.6 Å². The summed E-state index contributed by atoms with van der Waals surface area (Å²) in [6.07, 6.45) is -0.533. The summed E-state index contributed by atoms with van der Waals surface area (Å²) in [5, 5.41) is 14.3. The zero-order valence-electron chi connectivity index (χ0n) is 17.8. The van der Waals surface area contributed by atoms with Crippen molar-refractivity contribution in [2.24, 2.45) is 11.8 Å². The molecule has 0 saturated heterocycles. The van der Waals surface area contributed by atoms with Crippen molar-refractivity contribution < 1.29 is 24.2 Å². The van der Waals surface area contributed by atoms with Crippen molar-refractivity contribution in [1.29, 1.82) is 0 Å². The maximum atomic E-state index is 12.1. The Labute approximate surface area is 181 Å². The zero-order chi connectivity index (χ0) is 22.4. The number of carboxylic acids is 1. The van der Waals surface area contributed by atoms with Crippen molar-refractivity contribution in [1.82, 2.24) is 10.6 Å². The normalized spacial score (nSPS) is 13.3. The van der Waals surface area contributed by atoms with E-state index in [-0.39, 0.29) is 43.9 Å². The van der Waals surface area contributed by atoms with Crippen LogP contribution in [-0.4, -0.2) is 42.8 Å². The van der Waals surface area contributed by atoms with Crippen molar-refractivity contribution in [3.63, 3.8) is 0 Å². The van der Waals surface area contributed by atoms with E-state index in [0.29, 0.717) is 0 Å². The van der Waals surface area contributed by atoms with Gasteiger partial charge in [0.15, 0.2) is 0 Å². The number of ether oxygens (including phenoxy) is 1. The highest BCUT2D eigenvalue weighted by atomic mass is 16.5. The average Bonchev–Trinajstić information content (AvgIpc) is 3.06. The van der Waals surface area contributed by atoms with Crippen LogP contribution in [0.15, 0.2) is 48.5 Å². The second-order valence-electron chi connectivity index (χ2n) is 8.00. The summed E-state index contributed by atoms with van der Waals surface area (Å²) in [4.78, 5) is 35.2. The summed E-state index contributed by atoms with van der Waals surface area (Å²) in [5.74, 6) is -2.00. The highest BCUT2D eigenvalue weighted by molar-refractivity contribution is 5.79. The standard InChI is InChI=1S/C24H28N2O5/c1-15(2)20(23(28)29)13-26-22(27)11-12-25-24(30)31-14-21-18-9-5-3-7-16(18)17-8-4-6-10-19(17)21/h3-10,15,20-21H,11-14H2,1-2H3,(H,25,30)(H,26,27)(H,28,29). The first kappa shape index (κ1) is 22.3. The molecule has 7 nitrogen and oxygen atoms in total. The van der Waals surface area contributed by atoms with Crippen LogP contribution >= 0.6 is 0 Å². The fourth-order valence-corrected chi connectivity index (χ4v) is 3.85. The molecule has 0 aromatic heterocycles. The Morgan fingerprint density at radius 3 is 2.10 bits per heavy atom. The summed E-state index contributed by atoms with van der Waals surface area (Å²) in [6.45, 7) is 3.98. The molecule has 2 aromatic rings. The van der Waals surface area contributed by atoms with Crippen LogP contribution in [-0.2, 0) is 14.3 Å². The van der Waals surface area contributed by atoms with Gasteiger partial charge in [0, 0.05) is 25.4 Å². The van der Waals surface area contributed by atoms with Gasteiger partial charge in [-0.1, -0.05) is 62.4 Å². The van der Waals surface area contributed by atoms with E-state index in [1.165, 1.54) is 0 Å². The van der Waals surface area contributed by atoms with Crippen molar-refractivity contribution >= 4 is 18.0 Å². The monoisotopic (exact) mass is 424 g/mol. The van der Waals surface area contributed by atoms with Crippen LogP contribution in [0.3, 0.4) is 0 Å². The quantitative estimate of drug-likeness (QED) is 0.572. The van der Waals surface area contributed by atoms with Crippen LogP contribution in [0.25, 0.3) is 11.1 Å². The number of hydrogen-bond donors (Lipinski definition) is 3. The number of amides is 2. The molecule has 0 heterocycles. The molecule has 0 fully saturated rings. The van der Waals surface area contributed by atoms with E-state index in [4.69, 9.17) is 9.84 Å². The fourth-order valence-electron chi connectivity index (χ4n) is 3.85. The van der Waals surface area contributed by atoms with Crippen LogP contribution in [0.5, 0.6) is 0 Å². The van der Waals surface area contributed by atoms with Crippen molar-refractivity contribution in [3.05, 3.63) is 59.7 Å². The number of carbonyl (C=O) groups is 3. The molecule has 0 radical (unpaired) electrons. The molecule has 3 rings (SSSR count). The second kappa shape index (κ2) is 10.1. The summed E-state index contributed by atoms with van der Waals surface area (Å²) < 4.78 is 5.42. The molecule has 1 unspecified atom stereocenters. The molecule has 0 bridgehead atoms. The third-order valence-electron chi connectivity index (χ3n) is 5.61. The van der Waals surface area contributed by atoms with Gasteiger partial charge in [-0.15, -0.1) is 0 Å². The van der Waals surface area contributed by atoms with Gasteiger partial charge in [-0.2, -0.15) is 0 Å². The lowest BCUT2D eigenvalue weighted by Gasteiger charge is -2.17. The smallest absolute Gasteiger partial charge is 0.407 e. The molecule has 2 amide bonds. The van der Waals surface area contributed by atoms with Crippen LogP contribution in [0, 0.1) is 11.8 Å². The molecule has 0 saturated carbocycles. The van der Waals surface area contributed by atoms with Crippen molar-refractivity contribution in [2.45, 2.75) is 26.2 Å². The predicted octanol–water partition coefficient (Wildman–Crippen LogP) is 3.39. The molecular weight excluding hydrogens is 396 g/mol. The third-order valence-corrected chi connectivity index (χ3v) is 5.61. The van der Waals surface area contributed by atoms with Crippen molar-refractivity contribution in [2.75, 3.05) is 19.7 Å². The second-order valence-corrected chi connectivity index (χ2v) is 8.00. The Kier molecular flexibility index (Phi) is 7.28. The molecule has 1 aliphatic carbocycles. The number of aliphatic carboxylic acids is 1. The first-order valence-electron chi connectivity index (χ1n) is 10.5. The fraction of sp³-hybridized carbons (Fsp3) is 0.375. The summed E-state index contributed by atoms with van der Waals surface area (Å²) in [6, 6.07) is 16.2. The molecule has 31 heavy (non-hydrogen) atoms. The first-order chi connectivity index (χ1) is 14.9. The van der Waals surface area contributed by atoms with Gasteiger partial charge in [0.05, 0.1) is 5.92 Å². The minimum atomic E-state index is -0.938. The highest BCUT2D eigenvalue weighted by Gasteiger charge is 2.29. The van der Waals surface area contributed by atoms with Gasteiger partial charge in [-0.25, -0.2) is 4.79 Å². The lowest BCUT2D eigenvalue weighted by molar-refractivity contribution is -0.143. The Balaban J connectivity index is 1.44. The number of nitrogens with one attached hydrogen (secondary N) is 2. The van der Waals surface area contributed by atoms with Gasteiger partial charge >= 0.3 is 12.1 Å². The predicted molar refractivity (Wildman–Crippen MR) is 117 cm³/mol. The average molecular weight is 424 g/mol. The third kappa shape index (κ3) is 5.42. The number of alkyl carbamates (subject to hydrolysis) is 1. The lowest BCUT2D eigenvalue weighted by atomic mass is 9.96. The van der Waals surface area contributed by atoms with E-state index in [0.717, 1.165) is 22.3 Å². The molecule has 2 aromatic carbocycles. The van der Waals surface area contributed by atoms with Crippen LogP contribution in [0.4, 0.5) is 4.79 Å². The zero-order valence-corrected chi connectivity index (χ0v) is 17.8. The maximum Gasteiger partial charge on any atom is 0.407 e. The van der Waals surface area contributed by atoms with Crippen molar-refractivity contribution in [3.8, 4) is 11.1 Å². The van der Waals surface area contributed by atoms with E-state index < -0.39 is 18.0 Å². The Morgan fingerprint density at radius 1 is 0.968 bits per heavy atom. The number of carbonyl (C=O) groups excluding carboxylic acids is 2. The number of rotatable bonds is 9. The molecule has 7 heteroatoms. The van der Waals surface area contributed by atoms with Gasteiger partial charge < -0.3 is 20.5 Å². The first-order valence-corrected chi connectivity index (χ1v) is 10.5.